The molecule has 756 valence electrons. The zero-order chi connectivity index (χ0) is 98.2. The summed E-state index contributed by atoms with van der Waals surface area (Å²) in [5.74, 6) is -3.63. The fourth-order valence-corrected chi connectivity index (χ4v) is 19.8. The minimum Gasteiger partial charge on any atom is -0.744 e. The summed E-state index contributed by atoms with van der Waals surface area (Å²) in [6.45, 7) is 32.6. The molecule has 0 aliphatic heterocycles. The molecule has 6 unspecified atom stereocenters. The zero-order valence-corrected chi connectivity index (χ0v) is 88.2. The average molecular weight is 1990 g/mol. The Hall–Kier alpha value is -9.60. The molecule has 0 fully saturated rings. The third-order valence-electron chi connectivity index (χ3n) is 21.4. The molecular formula is C90H144O36S6. The van der Waals surface area contributed by atoms with Gasteiger partial charge in [-0.05, 0) is 130 Å². The second-order valence-electron chi connectivity index (χ2n) is 28.9. The van der Waals surface area contributed by atoms with Crippen molar-refractivity contribution < 1.29 is 165 Å². The highest BCUT2D eigenvalue weighted by atomic mass is 32.2. The van der Waals surface area contributed by atoms with Gasteiger partial charge in [0.25, 0.3) is 0 Å². The number of ether oxygens (including phenoxy) is 12. The predicted molar refractivity (Wildman–Crippen MR) is 502 cm³/mol. The van der Waals surface area contributed by atoms with Crippen LogP contribution in [-0.2, 0) is 86.4 Å². The molecule has 6 aromatic rings. The number of hydrogen-bond donors (Lipinski definition) is 6. The maximum atomic E-state index is 11.8. The Morgan fingerprint density at radius 2 is 0.432 bits per heavy atom. The van der Waals surface area contributed by atoms with E-state index in [-0.39, 0.29) is 207 Å². The van der Waals surface area contributed by atoms with Crippen molar-refractivity contribution in [2.24, 2.45) is 0 Å². The van der Waals surface area contributed by atoms with Crippen LogP contribution in [-0.4, -0.2) is 194 Å². The van der Waals surface area contributed by atoms with Crippen molar-refractivity contribution in [3.63, 3.8) is 0 Å². The summed E-state index contributed by atoms with van der Waals surface area (Å²) < 4.78 is 270. The minimum atomic E-state index is -4.82. The van der Waals surface area contributed by atoms with Crippen LogP contribution in [0, 0.1) is 58.4 Å². The monoisotopic (exact) mass is 1990 g/mol. The van der Waals surface area contributed by atoms with Crippen LogP contribution < -0.4 is 56.8 Å². The van der Waals surface area contributed by atoms with E-state index in [9.17, 15) is 108 Å². The Balaban J connectivity index is -0.000000358. The second-order valence-corrected chi connectivity index (χ2v) is 36.8. The lowest BCUT2D eigenvalue weighted by atomic mass is 9.90. The Kier molecular flexibility index (Phi) is 57.0. The van der Waals surface area contributed by atoms with Crippen LogP contribution in [0.5, 0.6) is 103 Å². The van der Waals surface area contributed by atoms with Gasteiger partial charge in [-0.2, -0.15) is 0 Å². The molecule has 6 aromatic carbocycles. The van der Waals surface area contributed by atoms with Crippen LogP contribution in [0.2, 0.25) is 0 Å². The summed E-state index contributed by atoms with van der Waals surface area (Å²) in [7, 11) is -13.7. The molecule has 42 heteroatoms. The van der Waals surface area contributed by atoms with Crippen molar-refractivity contribution >= 4 is 60.7 Å². The number of benzene rings is 6. The first-order valence-corrected chi connectivity index (χ1v) is 48.5. The lowest BCUT2D eigenvalue weighted by Gasteiger charge is -2.25. The van der Waals surface area contributed by atoms with E-state index >= 15 is 0 Å². The summed E-state index contributed by atoms with van der Waals surface area (Å²) in [6, 6.07) is 0. The van der Waals surface area contributed by atoms with E-state index in [1.54, 1.807) is 13.8 Å². The van der Waals surface area contributed by atoms with Crippen molar-refractivity contribution in [3.05, 3.63) is 111 Å². The van der Waals surface area contributed by atoms with Crippen molar-refractivity contribution in [2.75, 3.05) is 85.3 Å². The normalized spacial score (nSPS) is 12.5. The van der Waals surface area contributed by atoms with Crippen molar-refractivity contribution in [1.82, 2.24) is 0 Å². The quantitative estimate of drug-likeness (QED) is 0.0157. The smallest absolute Gasteiger partial charge is 0.204 e. The topological polar surface area (TPSA) is 575 Å². The summed E-state index contributed by atoms with van der Waals surface area (Å²) in [4.78, 5) is -3.00. The first-order valence-electron chi connectivity index (χ1n) is 40.0. The van der Waals surface area contributed by atoms with E-state index in [0.717, 1.165) is 0 Å². The van der Waals surface area contributed by atoms with Crippen LogP contribution >= 0.6 is 0 Å². The van der Waals surface area contributed by atoms with Crippen molar-refractivity contribution in [2.45, 2.75) is 267 Å². The molecular weight excluding hydrogens is 1850 g/mol. The van der Waals surface area contributed by atoms with E-state index in [4.69, 9.17) is 56.8 Å². The Morgan fingerprint density at radius 3 is 0.682 bits per heavy atom. The van der Waals surface area contributed by atoms with Crippen LogP contribution in [0.1, 0.15) is 264 Å². The molecule has 0 bridgehead atoms. The molecule has 6 N–H and O–H groups in total. The predicted octanol–water partition coefficient (Wildman–Crippen LogP) is 17.3. The standard InChI is InChI=1S/2C15H24O6S.2C14H22O6S.2C13H20O6S.6CH3/c1-6-8-10-12(16)11(9(3)7-2)14(21-5)15(13(10)20-4)22(17,18)19;1-6-8-10-11(9(3)7-2)12(16)13(20-4)14(21-5)15(10)22(17,18)19;1-6-8(3)10-11(15)9(7-2)12(19-4)14(13(10)20-5)21(16,17)18;1-6-8(3)10-9(7-2)14(21(16,17)18)13(20-5)12(19-4)11(10)15;1-6-7(2)9-10(14)8(3)11(18-4)13(12(9)19-5)20(15,16)17;1-6-7(2)9-8(3)13(20(15,16)17)12(19-5)11(18-4)10(9)14;;;;;;/h2*9,16H,6-8H2,1-5H3,(H,17,18,19);2*8,15H,6-7H2,1-5H3,(H,16,17,18);2*7,14H,6H2,1-5H3,(H,15,16,17);6*1H3/q;;;;;;6*+1/p-6. The lowest BCUT2D eigenvalue weighted by Crippen LogP contribution is -2.12. The first kappa shape index (κ1) is 133. The Labute approximate surface area is 787 Å². The lowest BCUT2D eigenvalue weighted by molar-refractivity contribution is 0.320. The summed E-state index contributed by atoms with van der Waals surface area (Å²) in [5, 5.41) is 62.5. The molecule has 0 saturated carbocycles. The number of rotatable bonds is 36. The highest BCUT2D eigenvalue weighted by molar-refractivity contribution is 7.87. The van der Waals surface area contributed by atoms with Gasteiger partial charge in [-0.1, -0.05) is 124 Å². The highest BCUT2D eigenvalue weighted by Crippen LogP contribution is 2.56. The van der Waals surface area contributed by atoms with Crippen molar-refractivity contribution in [3.8, 4) is 103 Å². The minimum absolute atomic E-state index is 0. The zero-order valence-electron chi connectivity index (χ0n) is 83.3. The molecule has 0 aliphatic rings. The molecule has 0 aromatic heterocycles. The largest absolute Gasteiger partial charge is 0.744 e. The number of phenolic OH excluding ortho intramolecular Hbond substituents is 6. The average Bonchev–Trinajstić information content (AvgIpc) is 0.754. The molecule has 6 rings (SSSR count). The van der Waals surface area contributed by atoms with Gasteiger partial charge in [-0.15, -0.1) is 0 Å². The SMILES string of the molecule is CCC(C)c1c(C)c(S(=O)(=O)[O-])c(OC)c(OC)c1O.CCC(C)c1c(O)c(C)c(OC)c(S(=O)(=O)[O-])c1OC.CCCc1c(C(C)CC)c(O)c(OC)c(OC)c1S(=O)(=O)[O-].CCCc1c(O)c(C(C)CC)c(OC)c(S(=O)(=O)[O-])c1OC.CCc1c(C(C)CC)c(O)c(OC)c(OC)c1S(=O)(=O)[O-].CCc1c(O)c(C(C)CC)c(OC)c(S(=O)(=O)[O-])c1OC.[CH3+].[CH3+].[CH3+].[CH3+].[CH3+].[CH3+]. The van der Waals surface area contributed by atoms with Crippen LogP contribution in [0.25, 0.3) is 0 Å². The Bertz CT molecular complexity index is 5350. The molecule has 0 amide bonds. The third-order valence-corrected chi connectivity index (χ3v) is 26.9. The van der Waals surface area contributed by atoms with Gasteiger partial charge in [-0.3, -0.25) is 0 Å². The summed E-state index contributed by atoms with van der Waals surface area (Å²) >= 11 is 0. The molecule has 0 heterocycles. The van der Waals surface area contributed by atoms with Gasteiger partial charge in [-0.25, -0.2) is 50.5 Å². The number of methoxy groups -OCH3 is 12. The van der Waals surface area contributed by atoms with Gasteiger partial charge < -0.3 is 115 Å². The maximum Gasteiger partial charge on any atom is 0.204 e. The molecule has 0 spiro atoms. The number of aromatic hydroxyl groups is 6. The van der Waals surface area contributed by atoms with Gasteiger partial charge in [0.2, 0.25) is 17.2 Å². The number of hydrogen-bond acceptors (Lipinski definition) is 36. The second kappa shape index (κ2) is 56.6. The maximum absolute atomic E-state index is 11.8. The van der Waals surface area contributed by atoms with Crippen LogP contribution in [0.3, 0.4) is 0 Å². The van der Waals surface area contributed by atoms with Gasteiger partial charge in [0, 0.05) is 94.6 Å². The first-order chi connectivity index (χ1) is 58.4. The third kappa shape index (κ3) is 29.7. The van der Waals surface area contributed by atoms with Crippen molar-refractivity contribution in [1.29, 1.82) is 0 Å². The summed E-state index contributed by atoms with van der Waals surface area (Å²) in [6.07, 6.45) is 6.61. The van der Waals surface area contributed by atoms with Gasteiger partial charge >= 0.3 is 0 Å². The molecule has 36 nitrogen and oxygen atoms in total. The molecule has 0 saturated heterocycles. The van der Waals surface area contributed by atoms with E-state index in [0.29, 0.717) is 121 Å². The molecule has 6 atom stereocenters. The molecule has 132 heavy (non-hydrogen) atoms. The fourth-order valence-electron chi connectivity index (χ4n) is 14.4. The van der Waals surface area contributed by atoms with E-state index in [2.05, 4.69) is 0 Å². The van der Waals surface area contributed by atoms with Gasteiger partial charge in [0.1, 0.15) is 142 Å². The van der Waals surface area contributed by atoms with Crippen LogP contribution in [0.4, 0.5) is 0 Å². The Morgan fingerprint density at radius 1 is 0.227 bits per heavy atom. The number of phenols is 6. The van der Waals surface area contributed by atoms with Gasteiger partial charge in [0.05, 0.1) is 85.3 Å². The fraction of sp³-hybridized carbons (Fsp3) is 0.533. The summed E-state index contributed by atoms with van der Waals surface area (Å²) in [5.41, 5.74) is 3.86. The van der Waals surface area contributed by atoms with E-state index < -0.39 is 90.1 Å². The van der Waals surface area contributed by atoms with Gasteiger partial charge in [0.15, 0.2) is 34.5 Å². The molecule has 0 aliphatic carbocycles. The highest BCUT2D eigenvalue weighted by Gasteiger charge is 2.37. The van der Waals surface area contributed by atoms with Crippen LogP contribution in [0.15, 0.2) is 29.4 Å². The van der Waals surface area contributed by atoms with E-state index in [1.165, 1.54) is 99.2 Å². The molecule has 0 radical (unpaired) electrons. The van der Waals surface area contributed by atoms with E-state index in [1.807, 2.05) is 96.9 Å².